The van der Waals surface area contributed by atoms with Crippen LogP contribution in [-0.2, 0) is 0 Å². The van der Waals surface area contributed by atoms with Crippen LogP contribution in [0.15, 0.2) is 42.6 Å². The van der Waals surface area contributed by atoms with Gasteiger partial charge >= 0.3 is 5.91 Å². The van der Waals surface area contributed by atoms with E-state index in [1.54, 1.807) is 23.0 Å². The number of rotatable bonds is 2. The van der Waals surface area contributed by atoms with Crippen molar-refractivity contribution in [2.24, 2.45) is 0 Å². The van der Waals surface area contributed by atoms with Crippen molar-refractivity contribution >= 4 is 17.5 Å². The van der Waals surface area contributed by atoms with E-state index in [2.05, 4.69) is 5.43 Å². The minimum Gasteiger partial charge on any atom is -1.00 e. The molecule has 5 heteroatoms. The number of benzene rings is 1. The Labute approximate surface area is 123 Å². The van der Waals surface area contributed by atoms with E-state index < -0.39 is 0 Å². The summed E-state index contributed by atoms with van der Waals surface area (Å²) in [5, 5.41) is 0.451. The maximum Gasteiger partial charge on any atom is 0.306 e. The molecule has 0 fully saturated rings. The maximum absolute atomic E-state index is 12.1. The van der Waals surface area contributed by atoms with Gasteiger partial charge in [0.05, 0.1) is 10.6 Å². The Balaban J connectivity index is 0.00000180. The minimum absolute atomic E-state index is 0. The molecule has 1 N–H and O–H groups in total. The lowest BCUT2D eigenvalue weighted by molar-refractivity contribution is -0.647. The van der Waals surface area contributed by atoms with Gasteiger partial charge in [0.2, 0.25) is 5.69 Å². The van der Waals surface area contributed by atoms with Crippen LogP contribution in [0.5, 0.6) is 0 Å². The van der Waals surface area contributed by atoms with Gasteiger partial charge in [-0.3, -0.25) is 4.79 Å². The fourth-order valence-corrected chi connectivity index (χ4v) is 1.84. The summed E-state index contributed by atoms with van der Waals surface area (Å²) in [5.74, 6) is -0.219. The topological polar surface area (TPSA) is 33.0 Å². The van der Waals surface area contributed by atoms with Crippen LogP contribution in [0.3, 0.4) is 0 Å². The Kier molecular flexibility index (Phi) is 5.33. The highest BCUT2D eigenvalue weighted by molar-refractivity contribution is 6.34. The first kappa shape index (κ1) is 15.5. The fourth-order valence-electron chi connectivity index (χ4n) is 1.64. The summed E-state index contributed by atoms with van der Waals surface area (Å²) in [5.41, 5.74) is 5.21. The number of pyridine rings is 1. The van der Waals surface area contributed by atoms with Gasteiger partial charge < -0.3 is 12.4 Å². The molecule has 1 aromatic carbocycles. The second-order valence-corrected chi connectivity index (χ2v) is 4.54. The number of hydrogen-bond donors (Lipinski definition) is 1. The van der Waals surface area contributed by atoms with Crippen molar-refractivity contribution in [2.45, 2.75) is 13.8 Å². The number of nitrogens with zero attached hydrogens (tertiary/aromatic N) is 1. The van der Waals surface area contributed by atoms with Gasteiger partial charge in [-0.25, -0.2) is 0 Å². The number of carbonyl (C=O) groups excluding carboxylic acids is 1. The molecule has 0 unspecified atom stereocenters. The zero-order valence-electron chi connectivity index (χ0n) is 10.7. The van der Waals surface area contributed by atoms with E-state index in [1.165, 1.54) is 0 Å². The highest BCUT2D eigenvalue weighted by Gasteiger charge is 2.15. The number of hydrogen-bond acceptors (Lipinski definition) is 1. The number of halogens is 2. The molecule has 1 aromatic heterocycles. The highest BCUT2D eigenvalue weighted by atomic mass is 35.5. The summed E-state index contributed by atoms with van der Waals surface area (Å²) in [7, 11) is 0. The van der Waals surface area contributed by atoms with Gasteiger partial charge in [0, 0.05) is 19.1 Å². The molecule has 100 valence electrons. The van der Waals surface area contributed by atoms with Crippen LogP contribution in [0.2, 0.25) is 5.02 Å². The second-order valence-electron chi connectivity index (χ2n) is 4.14. The highest BCUT2D eigenvalue weighted by Crippen LogP contribution is 2.17. The Morgan fingerprint density at radius 1 is 1.21 bits per heavy atom. The number of aromatic nitrogens is 1. The summed E-state index contributed by atoms with van der Waals surface area (Å²) in [6.45, 7) is 3.84. The predicted octanol–water partition coefficient (Wildman–Crippen LogP) is -0.368. The third-order valence-electron chi connectivity index (χ3n) is 2.65. The third-order valence-corrected chi connectivity index (χ3v) is 2.98. The zero-order valence-corrected chi connectivity index (χ0v) is 12.2. The van der Waals surface area contributed by atoms with E-state index >= 15 is 0 Å². The summed E-state index contributed by atoms with van der Waals surface area (Å²) in [4.78, 5) is 12.1. The molecule has 0 saturated heterocycles. The first-order valence-electron chi connectivity index (χ1n) is 5.63. The smallest absolute Gasteiger partial charge is 0.306 e. The molecule has 0 saturated carbocycles. The Bertz CT molecular complexity index is 600. The van der Waals surface area contributed by atoms with Crippen LogP contribution in [0.4, 0.5) is 0 Å². The molecular formula is C14H14Cl2N2O. The summed E-state index contributed by atoms with van der Waals surface area (Å²) in [6, 6.07) is 11.1. The van der Waals surface area contributed by atoms with Crippen molar-refractivity contribution in [2.75, 3.05) is 5.43 Å². The number of carbonyl (C=O) groups is 1. The van der Waals surface area contributed by atoms with Gasteiger partial charge in [0.25, 0.3) is 0 Å². The van der Waals surface area contributed by atoms with E-state index in [0.717, 1.165) is 11.3 Å². The lowest BCUT2D eigenvalue weighted by Crippen LogP contribution is -3.00. The second kappa shape index (κ2) is 6.55. The van der Waals surface area contributed by atoms with E-state index in [0.29, 0.717) is 10.6 Å². The fraction of sp³-hybridized carbons (Fsp3) is 0.143. The van der Waals surface area contributed by atoms with E-state index in [1.807, 2.05) is 38.1 Å². The SMILES string of the molecule is Cc1ccc(Cl)c(C(=O)N[n+]2ccccc2C)c1.[Cl-]. The summed E-state index contributed by atoms with van der Waals surface area (Å²) < 4.78 is 1.67. The van der Waals surface area contributed by atoms with Crippen LogP contribution in [0.1, 0.15) is 21.6 Å². The lowest BCUT2D eigenvalue weighted by atomic mass is 10.1. The van der Waals surface area contributed by atoms with Crippen molar-refractivity contribution in [3.8, 4) is 0 Å². The average molecular weight is 297 g/mol. The lowest BCUT2D eigenvalue weighted by Gasteiger charge is -2.04. The predicted molar refractivity (Wildman–Crippen MR) is 71.3 cm³/mol. The first-order chi connectivity index (χ1) is 8.58. The van der Waals surface area contributed by atoms with E-state index in [4.69, 9.17) is 11.6 Å². The third kappa shape index (κ3) is 3.69. The average Bonchev–Trinajstić information content (AvgIpc) is 2.35. The number of nitrogens with one attached hydrogen (secondary N) is 1. The Morgan fingerprint density at radius 2 is 1.95 bits per heavy atom. The Morgan fingerprint density at radius 3 is 2.63 bits per heavy atom. The molecule has 0 spiro atoms. The Hall–Kier alpha value is -1.58. The van der Waals surface area contributed by atoms with Crippen molar-refractivity contribution in [3.05, 3.63) is 64.4 Å². The molecule has 1 amide bonds. The summed E-state index contributed by atoms with van der Waals surface area (Å²) >= 11 is 6.03. The minimum atomic E-state index is -0.219. The quantitative estimate of drug-likeness (QED) is 0.754. The van der Waals surface area contributed by atoms with Crippen molar-refractivity contribution < 1.29 is 21.9 Å². The van der Waals surface area contributed by atoms with Gasteiger partial charge in [0.1, 0.15) is 0 Å². The molecule has 0 aliphatic carbocycles. The van der Waals surface area contributed by atoms with Crippen LogP contribution >= 0.6 is 11.6 Å². The monoisotopic (exact) mass is 296 g/mol. The maximum atomic E-state index is 12.1. The van der Waals surface area contributed by atoms with Crippen LogP contribution in [-0.4, -0.2) is 5.91 Å². The van der Waals surface area contributed by atoms with E-state index in [9.17, 15) is 4.79 Å². The van der Waals surface area contributed by atoms with Crippen LogP contribution in [0, 0.1) is 13.8 Å². The molecule has 1 heterocycles. The molecular weight excluding hydrogens is 283 g/mol. The van der Waals surface area contributed by atoms with Crippen LogP contribution in [0.25, 0.3) is 0 Å². The van der Waals surface area contributed by atoms with Crippen molar-refractivity contribution in [3.63, 3.8) is 0 Å². The molecule has 0 atom stereocenters. The molecule has 0 radical (unpaired) electrons. The van der Waals surface area contributed by atoms with Gasteiger partial charge in [-0.05, 0) is 25.1 Å². The van der Waals surface area contributed by atoms with Crippen molar-refractivity contribution in [1.29, 1.82) is 0 Å². The van der Waals surface area contributed by atoms with Gasteiger partial charge in [-0.15, -0.1) is 5.43 Å². The van der Waals surface area contributed by atoms with Gasteiger partial charge in [-0.2, -0.15) is 0 Å². The summed E-state index contributed by atoms with van der Waals surface area (Å²) in [6.07, 6.45) is 1.79. The van der Waals surface area contributed by atoms with Gasteiger partial charge in [0.15, 0.2) is 6.20 Å². The standard InChI is InChI=1S/C14H13ClN2O.ClH/c1-10-6-7-13(15)12(9-10)14(18)16-17-8-4-3-5-11(17)2;/h3-9H,1-2H3;1H. The van der Waals surface area contributed by atoms with Crippen LogP contribution < -0.4 is 22.5 Å². The molecule has 2 rings (SSSR count). The zero-order chi connectivity index (χ0) is 13.1. The molecule has 3 nitrogen and oxygen atoms in total. The van der Waals surface area contributed by atoms with E-state index in [-0.39, 0.29) is 18.3 Å². The largest absolute Gasteiger partial charge is 1.00 e. The number of aryl methyl sites for hydroxylation is 2. The molecule has 19 heavy (non-hydrogen) atoms. The molecule has 0 bridgehead atoms. The first-order valence-corrected chi connectivity index (χ1v) is 6.00. The molecule has 0 aliphatic heterocycles. The molecule has 2 aromatic rings. The number of amides is 1. The van der Waals surface area contributed by atoms with Gasteiger partial charge in [-0.1, -0.05) is 27.9 Å². The molecule has 0 aliphatic rings. The normalized spacial score (nSPS) is 9.63. The van der Waals surface area contributed by atoms with Crippen molar-refractivity contribution in [1.82, 2.24) is 0 Å².